The van der Waals surface area contributed by atoms with Crippen molar-refractivity contribution in [3.05, 3.63) is 18.2 Å². The summed E-state index contributed by atoms with van der Waals surface area (Å²) in [6, 6.07) is 3.23. The minimum Gasteiger partial charge on any atom is -0.744 e. The molecule has 1 aromatic carbocycles. The van der Waals surface area contributed by atoms with Crippen LogP contribution in [0.3, 0.4) is 0 Å². The van der Waals surface area contributed by atoms with Crippen LogP contribution < -0.4 is 39.0 Å². The largest absolute Gasteiger partial charge is 1.00 e. The normalized spacial score (nSPS) is 10.4. The Hall–Kier alpha value is -0.120. The van der Waals surface area contributed by atoms with Crippen LogP contribution in [-0.2, 0) is 14.9 Å². The molecule has 94 valence electrons. The van der Waals surface area contributed by atoms with E-state index >= 15 is 0 Å². The van der Waals surface area contributed by atoms with E-state index in [9.17, 15) is 17.8 Å². The number of ether oxygens (including phenoxy) is 2. The minimum absolute atomic E-state index is 0. The van der Waals surface area contributed by atoms with Crippen LogP contribution in [-0.4, -0.2) is 31.4 Å². The average Bonchev–Trinajstić information content (AvgIpc) is 2.27. The number of halogens is 1. The van der Waals surface area contributed by atoms with Gasteiger partial charge in [-0.3, -0.25) is 4.79 Å². The molecule has 1 aromatic rings. The molecule has 9 heteroatoms. The Bertz CT molecular complexity index is 530. The number of hydrogen-bond donors (Lipinski definition) is 0. The fourth-order valence-electron chi connectivity index (χ4n) is 1.04. The number of esters is 1. The Morgan fingerprint density at radius 1 is 1.39 bits per heavy atom. The third-order valence-corrected chi connectivity index (χ3v) is 3.05. The summed E-state index contributed by atoms with van der Waals surface area (Å²) in [6.07, 6.45) is 0. The van der Waals surface area contributed by atoms with Crippen LogP contribution in [0.2, 0.25) is 0 Å². The van der Waals surface area contributed by atoms with Crippen LogP contribution in [0.4, 0.5) is 0 Å². The molecule has 0 N–H and O–H groups in total. The van der Waals surface area contributed by atoms with Crippen molar-refractivity contribution in [3.63, 3.8) is 0 Å². The van der Waals surface area contributed by atoms with Gasteiger partial charge in [0.2, 0.25) is 0 Å². The second-order valence-corrected chi connectivity index (χ2v) is 4.81. The number of benzene rings is 1. The maximum Gasteiger partial charge on any atom is 1.00 e. The summed E-state index contributed by atoms with van der Waals surface area (Å²) in [6.45, 7) is 0. The molecule has 18 heavy (non-hydrogen) atoms. The van der Waals surface area contributed by atoms with Crippen LogP contribution in [0, 0.1) is 0 Å². The number of rotatable bonds is 4. The van der Waals surface area contributed by atoms with Crippen LogP contribution in [0.5, 0.6) is 11.5 Å². The Morgan fingerprint density at radius 3 is 2.44 bits per heavy atom. The van der Waals surface area contributed by atoms with E-state index in [4.69, 9.17) is 9.47 Å². The fraction of sp³-hybridized carbons (Fsp3) is 0.222. The van der Waals surface area contributed by atoms with E-state index in [-0.39, 0.29) is 46.4 Å². The van der Waals surface area contributed by atoms with Gasteiger partial charge in [-0.15, -0.1) is 0 Å². The Labute approximate surface area is 135 Å². The standard InChI is InChI=1S/C9H9BrO6S.Na/c1-15-8-4-6(17(12,13)14)2-3-7(8)16-9(11)5-10;/h2-4H,5H2,1H3,(H,12,13,14);/q;+1/p-1. The Kier molecular flexibility index (Phi) is 7.41. The fourth-order valence-corrected chi connectivity index (χ4v) is 1.64. The average molecular weight is 347 g/mol. The van der Waals surface area contributed by atoms with Crippen LogP contribution in [0.25, 0.3) is 0 Å². The van der Waals surface area contributed by atoms with Crippen molar-refractivity contribution in [2.24, 2.45) is 0 Å². The molecule has 0 saturated heterocycles. The van der Waals surface area contributed by atoms with E-state index in [2.05, 4.69) is 15.9 Å². The molecule has 0 aromatic heterocycles. The predicted molar refractivity (Wildman–Crippen MR) is 60.4 cm³/mol. The number of alkyl halides is 1. The summed E-state index contributed by atoms with van der Waals surface area (Å²) >= 11 is 2.90. The second kappa shape index (κ2) is 7.46. The zero-order valence-corrected chi connectivity index (χ0v) is 14.1. The minimum atomic E-state index is -4.57. The number of methoxy groups -OCH3 is 1. The van der Waals surface area contributed by atoms with Crippen molar-refractivity contribution in [3.8, 4) is 11.5 Å². The van der Waals surface area contributed by atoms with Gasteiger partial charge in [-0.1, -0.05) is 15.9 Å². The van der Waals surface area contributed by atoms with Crippen molar-refractivity contribution in [1.82, 2.24) is 0 Å². The molecule has 0 unspecified atom stereocenters. The van der Waals surface area contributed by atoms with Gasteiger partial charge in [0.1, 0.15) is 15.4 Å². The maximum atomic E-state index is 11.0. The predicted octanol–water partition coefficient (Wildman–Crippen LogP) is -2.10. The number of carbonyl (C=O) groups excluding carboxylic acids is 1. The van der Waals surface area contributed by atoms with Gasteiger partial charge in [-0.05, 0) is 12.1 Å². The summed E-state index contributed by atoms with van der Waals surface area (Å²) < 4.78 is 42.0. The van der Waals surface area contributed by atoms with E-state index in [1.165, 1.54) is 13.2 Å². The van der Waals surface area contributed by atoms with Gasteiger partial charge >= 0.3 is 35.5 Å². The van der Waals surface area contributed by atoms with Crippen molar-refractivity contribution >= 4 is 32.0 Å². The molecule has 0 bridgehead atoms. The zero-order valence-electron chi connectivity index (χ0n) is 9.67. The van der Waals surface area contributed by atoms with Gasteiger partial charge in [0, 0.05) is 6.07 Å². The van der Waals surface area contributed by atoms with Crippen LogP contribution >= 0.6 is 15.9 Å². The summed E-state index contributed by atoms with van der Waals surface area (Å²) in [7, 11) is -3.30. The molecule has 0 fully saturated rings. The summed E-state index contributed by atoms with van der Waals surface area (Å²) in [4.78, 5) is 10.6. The quantitative estimate of drug-likeness (QED) is 0.204. The van der Waals surface area contributed by atoms with Gasteiger partial charge in [0.25, 0.3) is 0 Å². The van der Waals surface area contributed by atoms with Crippen molar-refractivity contribution in [1.29, 1.82) is 0 Å². The molecule has 0 aliphatic carbocycles. The maximum absolute atomic E-state index is 11.0. The molecule has 0 spiro atoms. The smallest absolute Gasteiger partial charge is 0.744 e. The molecule has 0 amide bonds. The van der Waals surface area contributed by atoms with Gasteiger partial charge in [0.15, 0.2) is 11.5 Å². The molecule has 0 aliphatic heterocycles. The topological polar surface area (TPSA) is 92.7 Å². The number of hydrogen-bond acceptors (Lipinski definition) is 6. The third-order valence-electron chi connectivity index (χ3n) is 1.76. The molecule has 0 aliphatic rings. The molecule has 0 saturated carbocycles. The van der Waals surface area contributed by atoms with Crippen molar-refractivity contribution < 1.29 is 56.8 Å². The second-order valence-electron chi connectivity index (χ2n) is 2.87. The molecule has 0 heterocycles. The van der Waals surface area contributed by atoms with Gasteiger partial charge in [-0.2, -0.15) is 0 Å². The summed E-state index contributed by atoms with van der Waals surface area (Å²) in [5, 5.41) is -0.0161. The van der Waals surface area contributed by atoms with Crippen LogP contribution in [0.1, 0.15) is 0 Å². The number of carbonyl (C=O) groups is 1. The van der Waals surface area contributed by atoms with Gasteiger partial charge < -0.3 is 14.0 Å². The molecule has 6 nitrogen and oxygen atoms in total. The SMILES string of the molecule is COc1cc(S(=O)(=O)[O-])ccc1OC(=O)CBr.[Na+]. The van der Waals surface area contributed by atoms with E-state index in [0.29, 0.717) is 0 Å². The molecular formula is C9H8BrNaO6S. The monoisotopic (exact) mass is 346 g/mol. The van der Waals surface area contributed by atoms with Crippen molar-refractivity contribution in [2.45, 2.75) is 4.90 Å². The first-order chi connectivity index (χ1) is 7.88. The van der Waals surface area contributed by atoms with Gasteiger partial charge in [-0.25, -0.2) is 8.42 Å². The van der Waals surface area contributed by atoms with E-state index in [1.54, 1.807) is 0 Å². The van der Waals surface area contributed by atoms with E-state index in [1.807, 2.05) is 0 Å². The van der Waals surface area contributed by atoms with E-state index < -0.39 is 21.0 Å². The molecule has 0 atom stereocenters. The van der Waals surface area contributed by atoms with E-state index in [0.717, 1.165) is 12.1 Å². The molecule has 1 rings (SSSR count). The molecule has 0 radical (unpaired) electrons. The Balaban J connectivity index is 0.00000289. The first-order valence-corrected chi connectivity index (χ1v) is 6.82. The van der Waals surface area contributed by atoms with Crippen molar-refractivity contribution in [2.75, 3.05) is 12.4 Å². The Morgan fingerprint density at radius 2 is 2.00 bits per heavy atom. The molecular weight excluding hydrogens is 339 g/mol. The zero-order chi connectivity index (χ0) is 13.1. The summed E-state index contributed by atoms with van der Waals surface area (Å²) in [5.74, 6) is -0.526. The van der Waals surface area contributed by atoms with Gasteiger partial charge in [0.05, 0.1) is 12.0 Å². The summed E-state index contributed by atoms with van der Waals surface area (Å²) in [5.41, 5.74) is 0. The van der Waals surface area contributed by atoms with Crippen LogP contribution in [0.15, 0.2) is 23.1 Å². The first kappa shape index (κ1) is 17.9. The third kappa shape index (κ3) is 4.87. The first-order valence-electron chi connectivity index (χ1n) is 4.29.